The number of hydrogen-bond acceptors (Lipinski definition) is 5. The molecule has 0 bridgehead atoms. The first-order valence-electron chi connectivity index (χ1n) is 8.45. The van der Waals surface area contributed by atoms with Crippen LogP contribution < -0.4 is 20.1 Å². The van der Waals surface area contributed by atoms with Crippen LogP contribution in [0.4, 0.5) is 5.82 Å². The molecule has 0 radical (unpaired) electrons. The predicted octanol–water partition coefficient (Wildman–Crippen LogP) is 4.06. The molecule has 1 aromatic carbocycles. The van der Waals surface area contributed by atoms with Crippen LogP contribution in [-0.4, -0.2) is 30.4 Å². The minimum atomic E-state index is 0.483. The van der Waals surface area contributed by atoms with Crippen molar-refractivity contribution < 1.29 is 9.47 Å². The number of unbranched alkanes of at least 4 members (excludes halogenated alkanes) is 1. The molecule has 6 nitrogen and oxygen atoms in total. The molecule has 2 N–H and O–H groups in total. The summed E-state index contributed by atoms with van der Waals surface area (Å²) in [6.07, 6.45) is 3.60. The summed E-state index contributed by atoms with van der Waals surface area (Å²) in [4.78, 5) is 4.23. The Morgan fingerprint density at radius 1 is 1.33 bits per heavy atom. The number of aromatic nitrogens is 1. The molecule has 0 aliphatic carbocycles. The fourth-order valence-electron chi connectivity index (χ4n) is 2.27. The summed E-state index contributed by atoms with van der Waals surface area (Å²) in [6.45, 7) is 1.14. The van der Waals surface area contributed by atoms with Crippen molar-refractivity contribution in [3.8, 4) is 17.6 Å². The first kappa shape index (κ1) is 20.9. The van der Waals surface area contributed by atoms with Crippen molar-refractivity contribution in [1.29, 1.82) is 5.26 Å². The zero-order valence-corrected chi connectivity index (χ0v) is 17.4. The number of benzene rings is 1. The van der Waals surface area contributed by atoms with Crippen LogP contribution in [0.3, 0.4) is 0 Å². The van der Waals surface area contributed by atoms with Crippen molar-refractivity contribution in [1.82, 2.24) is 10.3 Å². The fraction of sp³-hybridized carbons (Fsp3) is 0.316. The Hall–Kier alpha value is -2.37. The van der Waals surface area contributed by atoms with Crippen molar-refractivity contribution in [3.63, 3.8) is 0 Å². The van der Waals surface area contributed by atoms with E-state index >= 15 is 0 Å². The molecule has 0 fully saturated rings. The van der Waals surface area contributed by atoms with Crippen LogP contribution >= 0.6 is 28.1 Å². The Balaban J connectivity index is 1.88. The number of rotatable bonds is 9. The molecule has 2 aromatic rings. The van der Waals surface area contributed by atoms with E-state index in [-0.39, 0.29) is 0 Å². The summed E-state index contributed by atoms with van der Waals surface area (Å²) in [5.74, 6) is 2.25. The molecule has 0 amide bonds. The lowest BCUT2D eigenvalue weighted by atomic mass is 10.1. The molecular formula is C19H21BrN4O2S. The molecule has 0 aliphatic rings. The van der Waals surface area contributed by atoms with Crippen molar-refractivity contribution in [2.24, 2.45) is 0 Å². The molecule has 8 heteroatoms. The van der Waals surface area contributed by atoms with Crippen LogP contribution in [0.15, 0.2) is 41.0 Å². The zero-order valence-electron chi connectivity index (χ0n) is 15.0. The van der Waals surface area contributed by atoms with Crippen LogP contribution in [-0.2, 0) is 6.42 Å². The minimum Gasteiger partial charge on any atom is -0.497 e. The van der Waals surface area contributed by atoms with Crippen LogP contribution in [0.1, 0.15) is 18.4 Å². The molecule has 0 atom stereocenters. The average Bonchev–Trinajstić information content (AvgIpc) is 2.68. The van der Waals surface area contributed by atoms with E-state index in [1.807, 2.05) is 30.3 Å². The summed E-state index contributed by atoms with van der Waals surface area (Å²) in [6, 6.07) is 11.6. The number of thiocarbonyl (C=S) groups is 1. The summed E-state index contributed by atoms with van der Waals surface area (Å²) in [5.41, 5.74) is 1.02. The van der Waals surface area contributed by atoms with E-state index in [4.69, 9.17) is 27.0 Å². The lowest BCUT2D eigenvalue weighted by Gasteiger charge is -2.14. The predicted molar refractivity (Wildman–Crippen MR) is 113 cm³/mol. The maximum atomic E-state index is 8.62. The van der Waals surface area contributed by atoms with E-state index in [9.17, 15) is 0 Å². The van der Waals surface area contributed by atoms with E-state index in [0.29, 0.717) is 43.3 Å². The molecule has 0 aliphatic heterocycles. The third kappa shape index (κ3) is 7.41. The monoisotopic (exact) mass is 448 g/mol. The molecule has 0 saturated carbocycles. The fourth-order valence-corrected chi connectivity index (χ4v) is 2.71. The number of ether oxygens (including phenoxy) is 2. The van der Waals surface area contributed by atoms with Gasteiger partial charge in [-0.15, -0.1) is 0 Å². The molecule has 0 spiro atoms. The van der Waals surface area contributed by atoms with Crippen molar-refractivity contribution in [2.45, 2.75) is 19.3 Å². The maximum absolute atomic E-state index is 8.62. The van der Waals surface area contributed by atoms with Gasteiger partial charge in [0.25, 0.3) is 0 Å². The van der Waals surface area contributed by atoms with E-state index in [2.05, 4.69) is 37.6 Å². The molecule has 1 heterocycles. The second-order valence-electron chi connectivity index (χ2n) is 5.58. The Morgan fingerprint density at radius 3 is 2.89 bits per heavy atom. The third-order valence-corrected chi connectivity index (χ3v) is 4.32. The number of pyridine rings is 1. The van der Waals surface area contributed by atoms with Gasteiger partial charge in [0.05, 0.1) is 19.8 Å². The summed E-state index contributed by atoms with van der Waals surface area (Å²) in [5, 5.41) is 15.3. The van der Waals surface area contributed by atoms with Crippen molar-refractivity contribution in [3.05, 3.63) is 46.6 Å². The highest BCUT2D eigenvalue weighted by atomic mass is 79.9. The Kier molecular flexibility index (Phi) is 8.81. The first-order chi connectivity index (χ1) is 13.1. The van der Waals surface area contributed by atoms with Gasteiger partial charge in [0, 0.05) is 23.6 Å². The average molecular weight is 449 g/mol. The Labute approximate surface area is 173 Å². The van der Waals surface area contributed by atoms with Gasteiger partial charge >= 0.3 is 0 Å². The van der Waals surface area contributed by atoms with E-state index in [0.717, 1.165) is 21.5 Å². The lowest BCUT2D eigenvalue weighted by Crippen LogP contribution is -2.30. The minimum absolute atomic E-state index is 0.483. The van der Waals surface area contributed by atoms with Gasteiger partial charge < -0.3 is 20.1 Å². The SMILES string of the molecule is COc1ccc(OCCCC#N)c(CCNC(=S)Nc2ccc(Br)cn2)c1. The Bertz CT molecular complexity index is 793. The van der Waals surface area contributed by atoms with Crippen LogP contribution in [0.2, 0.25) is 0 Å². The molecule has 1 aromatic heterocycles. The van der Waals surface area contributed by atoms with Gasteiger partial charge in [0.15, 0.2) is 5.11 Å². The highest BCUT2D eigenvalue weighted by Crippen LogP contribution is 2.25. The maximum Gasteiger partial charge on any atom is 0.171 e. The van der Waals surface area contributed by atoms with Gasteiger partial charge in [-0.1, -0.05) is 0 Å². The van der Waals surface area contributed by atoms with Crippen molar-refractivity contribution in [2.75, 3.05) is 25.6 Å². The van der Waals surface area contributed by atoms with Crippen LogP contribution in [0.25, 0.3) is 0 Å². The van der Waals surface area contributed by atoms with Gasteiger partial charge in [-0.2, -0.15) is 5.26 Å². The normalized spacial score (nSPS) is 9.96. The third-order valence-electron chi connectivity index (χ3n) is 3.61. The van der Waals surface area contributed by atoms with Crippen molar-refractivity contribution >= 4 is 39.1 Å². The summed E-state index contributed by atoms with van der Waals surface area (Å²) < 4.78 is 12.0. The first-order valence-corrected chi connectivity index (χ1v) is 9.65. The molecular weight excluding hydrogens is 428 g/mol. The van der Waals surface area contributed by atoms with Gasteiger partial charge in [-0.3, -0.25) is 0 Å². The lowest BCUT2D eigenvalue weighted by molar-refractivity contribution is 0.308. The Morgan fingerprint density at radius 2 is 2.19 bits per heavy atom. The highest BCUT2D eigenvalue weighted by Gasteiger charge is 2.07. The van der Waals surface area contributed by atoms with Gasteiger partial charge in [0.1, 0.15) is 17.3 Å². The van der Waals surface area contributed by atoms with E-state index in [1.165, 1.54) is 0 Å². The molecule has 0 unspecified atom stereocenters. The van der Waals surface area contributed by atoms with E-state index in [1.54, 1.807) is 13.3 Å². The van der Waals surface area contributed by atoms with Crippen LogP contribution in [0, 0.1) is 11.3 Å². The number of halogens is 1. The smallest absolute Gasteiger partial charge is 0.171 e. The van der Waals surface area contributed by atoms with Gasteiger partial charge in [0.2, 0.25) is 0 Å². The second-order valence-corrected chi connectivity index (χ2v) is 6.90. The number of nitrogens with zero attached hydrogens (tertiary/aromatic N) is 2. The standard InChI is InChI=1S/C19H21BrN4O2S/c1-25-16-5-6-17(26-11-3-2-9-21)14(12-16)8-10-22-19(27)24-18-7-4-15(20)13-23-18/h4-7,12-13H,2-3,8,10-11H2,1H3,(H2,22,23,24,27). The number of anilines is 1. The van der Waals surface area contributed by atoms with Gasteiger partial charge in [-0.25, -0.2) is 4.98 Å². The number of hydrogen-bond donors (Lipinski definition) is 2. The number of nitriles is 1. The largest absolute Gasteiger partial charge is 0.497 e. The van der Waals surface area contributed by atoms with E-state index < -0.39 is 0 Å². The molecule has 0 saturated heterocycles. The molecule has 27 heavy (non-hydrogen) atoms. The topological polar surface area (TPSA) is 79.2 Å². The molecule has 2 rings (SSSR count). The van der Waals surface area contributed by atoms with Gasteiger partial charge in [-0.05, 0) is 76.9 Å². The number of nitrogens with one attached hydrogen (secondary N) is 2. The quantitative estimate of drug-likeness (QED) is 0.442. The number of methoxy groups -OCH3 is 1. The molecule has 142 valence electrons. The van der Waals surface area contributed by atoms with Crippen LogP contribution in [0.5, 0.6) is 11.5 Å². The zero-order chi connectivity index (χ0) is 19.5. The second kappa shape index (κ2) is 11.4. The highest BCUT2D eigenvalue weighted by molar-refractivity contribution is 9.10. The summed E-state index contributed by atoms with van der Waals surface area (Å²) in [7, 11) is 1.63. The summed E-state index contributed by atoms with van der Waals surface area (Å²) >= 11 is 8.65.